The van der Waals surface area contributed by atoms with Crippen LogP contribution < -0.4 is 4.90 Å². The SMILES string of the molecule is CC1CCN(C(=O)C2CC[NH+](Cc3ccccc3Cl)CC2)CC1. The number of nitrogens with zero attached hydrogens (tertiary/aromatic N) is 1. The molecule has 0 atom stereocenters. The van der Waals surface area contributed by atoms with Gasteiger partial charge in [-0.2, -0.15) is 0 Å². The Morgan fingerprint density at radius 2 is 1.83 bits per heavy atom. The molecule has 1 amide bonds. The van der Waals surface area contributed by atoms with Gasteiger partial charge in [-0.3, -0.25) is 4.79 Å². The molecule has 0 radical (unpaired) electrons. The summed E-state index contributed by atoms with van der Waals surface area (Å²) in [5, 5.41) is 0.862. The summed E-state index contributed by atoms with van der Waals surface area (Å²) in [7, 11) is 0. The lowest BCUT2D eigenvalue weighted by Gasteiger charge is -2.35. The largest absolute Gasteiger partial charge is 0.342 e. The minimum absolute atomic E-state index is 0.249. The molecule has 0 unspecified atom stereocenters. The van der Waals surface area contributed by atoms with Gasteiger partial charge < -0.3 is 9.80 Å². The van der Waals surface area contributed by atoms with E-state index in [2.05, 4.69) is 17.9 Å². The first kappa shape index (κ1) is 16.8. The van der Waals surface area contributed by atoms with Crippen molar-refractivity contribution < 1.29 is 9.69 Å². The number of quaternary nitrogens is 1. The Bertz CT molecular complexity index is 532. The summed E-state index contributed by atoms with van der Waals surface area (Å²) in [6, 6.07) is 8.10. The molecule has 126 valence electrons. The number of nitrogens with one attached hydrogen (secondary N) is 1. The van der Waals surface area contributed by atoms with Crippen LogP contribution in [0.3, 0.4) is 0 Å². The summed E-state index contributed by atoms with van der Waals surface area (Å²) in [6.07, 6.45) is 4.38. The van der Waals surface area contributed by atoms with Crippen LogP contribution in [0.25, 0.3) is 0 Å². The number of hydrogen-bond donors (Lipinski definition) is 1. The van der Waals surface area contributed by atoms with Crippen LogP contribution in [0.4, 0.5) is 0 Å². The molecule has 2 saturated heterocycles. The predicted octanol–water partition coefficient (Wildman–Crippen LogP) is 2.39. The van der Waals surface area contributed by atoms with Crippen LogP contribution in [0.1, 0.15) is 38.2 Å². The minimum atomic E-state index is 0.249. The first-order valence-electron chi connectivity index (χ1n) is 8.99. The molecule has 2 fully saturated rings. The Labute approximate surface area is 144 Å². The van der Waals surface area contributed by atoms with Crippen molar-refractivity contribution in [3.63, 3.8) is 0 Å². The molecule has 0 saturated carbocycles. The fourth-order valence-corrected chi connectivity index (χ4v) is 4.05. The highest BCUT2D eigenvalue weighted by Crippen LogP contribution is 2.21. The highest BCUT2D eigenvalue weighted by Gasteiger charge is 2.31. The van der Waals surface area contributed by atoms with Gasteiger partial charge in [-0.1, -0.05) is 36.7 Å². The second kappa shape index (κ2) is 7.67. The molecule has 0 aromatic heterocycles. The van der Waals surface area contributed by atoms with Crippen LogP contribution in [-0.2, 0) is 11.3 Å². The Morgan fingerprint density at radius 1 is 1.17 bits per heavy atom. The van der Waals surface area contributed by atoms with Gasteiger partial charge in [0.25, 0.3) is 0 Å². The van der Waals surface area contributed by atoms with Crippen molar-refractivity contribution in [3.05, 3.63) is 34.9 Å². The molecular weight excluding hydrogens is 308 g/mol. The van der Waals surface area contributed by atoms with E-state index in [0.717, 1.165) is 56.5 Å². The molecule has 3 rings (SSSR count). The summed E-state index contributed by atoms with van der Waals surface area (Å²) in [6.45, 7) is 7.34. The third-order valence-corrected chi connectivity index (χ3v) is 5.90. The Morgan fingerprint density at radius 3 is 2.48 bits per heavy atom. The van der Waals surface area contributed by atoms with Gasteiger partial charge in [-0.25, -0.2) is 0 Å². The molecule has 23 heavy (non-hydrogen) atoms. The van der Waals surface area contributed by atoms with E-state index >= 15 is 0 Å². The van der Waals surface area contributed by atoms with E-state index in [1.54, 1.807) is 4.90 Å². The third-order valence-electron chi connectivity index (χ3n) is 5.54. The van der Waals surface area contributed by atoms with Crippen LogP contribution in [0.15, 0.2) is 24.3 Å². The molecule has 0 spiro atoms. The molecule has 2 aliphatic heterocycles. The van der Waals surface area contributed by atoms with Crippen molar-refractivity contribution in [2.24, 2.45) is 11.8 Å². The first-order valence-corrected chi connectivity index (χ1v) is 9.37. The summed E-state index contributed by atoms with van der Waals surface area (Å²) < 4.78 is 0. The average molecular weight is 336 g/mol. The van der Waals surface area contributed by atoms with E-state index in [0.29, 0.717) is 5.91 Å². The van der Waals surface area contributed by atoms with Crippen LogP contribution in [-0.4, -0.2) is 37.0 Å². The highest BCUT2D eigenvalue weighted by atomic mass is 35.5. The zero-order chi connectivity index (χ0) is 16.2. The van der Waals surface area contributed by atoms with Crippen LogP contribution >= 0.6 is 11.6 Å². The normalized spacial score (nSPS) is 26.3. The smallest absolute Gasteiger partial charge is 0.226 e. The van der Waals surface area contributed by atoms with Crippen molar-refractivity contribution in [2.75, 3.05) is 26.2 Å². The first-order chi connectivity index (χ1) is 11.1. The Hall–Kier alpha value is -1.06. The van der Waals surface area contributed by atoms with E-state index in [1.165, 1.54) is 18.4 Å². The van der Waals surface area contributed by atoms with Crippen molar-refractivity contribution in [2.45, 2.75) is 39.2 Å². The number of hydrogen-bond acceptors (Lipinski definition) is 1. The molecule has 2 aliphatic rings. The standard InChI is InChI=1S/C19H27ClN2O/c1-15-6-12-22(13-7-15)19(23)16-8-10-21(11-9-16)14-17-4-2-3-5-18(17)20/h2-5,15-16H,6-14H2,1H3/p+1. The third kappa shape index (κ3) is 4.27. The quantitative estimate of drug-likeness (QED) is 0.901. The number of likely N-dealkylation sites (tertiary alicyclic amines) is 2. The summed E-state index contributed by atoms with van der Waals surface area (Å²) in [5.74, 6) is 1.44. The van der Waals surface area contributed by atoms with Crippen LogP contribution in [0.5, 0.6) is 0 Å². The maximum atomic E-state index is 12.7. The van der Waals surface area contributed by atoms with Gasteiger partial charge in [0, 0.05) is 42.4 Å². The lowest BCUT2D eigenvalue weighted by Crippen LogP contribution is -3.11. The second-order valence-electron chi connectivity index (χ2n) is 7.30. The Kier molecular flexibility index (Phi) is 5.60. The predicted molar refractivity (Wildman–Crippen MR) is 93.6 cm³/mol. The maximum Gasteiger partial charge on any atom is 0.226 e. The van der Waals surface area contributed by atoms with Crippen molar-refractivity contribution in [3.8, 4) is 0 Å². The molecule has 3 nitrogen and oxygen atoms in total. The van der Waals surface area contributed by atoms with Crippen molar-refractivity contribution in [1.29, 1.82) is 0 Å². The van der Waals surface area contributed by atoms with Crippen molar-refractivity contribution in [1.82, 2.24) is 4.90 Å². The fraction of sp³-hybridized carbons (Fsp3) is 0.632. The summed E-state index contributed by atoms with van der Waals surface area (Å²) in [4.78, 5) is 16.3. The molecule has 1 aromatic carbocycles. The number of benzene rings is 1. The monoisotopic (exact) mass is 335 g/mol. The van der Waals surface area contributed by atoms with Crippen LogP contribution in [0.2, 0.25) is 5.02 Å². The minimum Gasteiger partial charge on any atom is -0.342 e. The van der Waals surface area contributed by atoms with E-state index in [-0.39, 0.29) is 5.92 Å². The molecule has 0 aliphatic carbocycles. The number of amides is 1. The molecule has 1 N–H and O–H groups in total. The summed E-state index contributed by atoms with van der Waals surface area (Å²) >= 11 is 6.26. The number of rotatable bonds is 3. The van der Waals surface area contributed by atoms with Crippen LogP contribution in [0, 0.1) is 11.8 Å². The lowest BCUT2D eigenvalue weighted by molar-refractivity contribution is -0.919. The average Bonchev–Trinajstić information content (AvgIpc) is 2.58. The summed E-state index contributed by atoms with van der Waals surface area (Å²) in [5.41, 5.74) is 1.22. The van der Waals surface area contributed by atoms with Gasteiger partial charge in [0.15, 0.2) is 0 Å². The topological polar surface area (TPSA) is 24.8 Å². The number of carbonyl (C=O) groups excluding carboxylic acids is 1. The fourth-order valence-electron chi connectivity index (χ4n) is 3.85. The second-order valence-corrected chi connectivity index (χ2v) is 7.71. The van der Waals surface area contributed by atoms with Gasteiger partial charge >= 0.3 is 0 Å². The Balaban J connectivity index is 1.48. The zero-order valence-electron chi connectivity index (χ0n) is 14.1. The maximum absolute atomic E-state index is 12.7. The highest BCUT2D eigenvalue weighted by molar-refractivity contribution is 6.31. The molecular formula is C19H28ClN2O+. The van der Waals surface area contributed by atoms with E-state index < -0.39 is 0 Å². The van der Waals surface area contributed by atoms with Gasteiger partial charge in [-0.05, 0) is 24.8 Å². The molecule has 0 bridgehead atoms. The zero-order valence-corrected chi connectivity index (χ0v) is 14.8. The van der Waals surface area contributed by atoms with Gasteiger partial charge in [0.2, 0.25) is 5.91 Å². The molecule has 2 heterocycles. The van der Waals surface area contributed by atoms with Gasteiger partial charge in [-0.15, -0.1) is 0 Å². The number of piperidine rings is 2. The van der Waals surface area contributed by atoms with Gasteiger partial charge in [0.05, 0.1) is 13.1 Å². The van der Waals surface area contributed by atoms with Gasteiger partial charge in [0.1, 0.15) is 6.54 Å². The van der Waals surface area contributed by atoms with E-state index in [4.69, 9.17) is 11.6 Å². The number of halogens is 1. The number of carbonyl (C=O) groups is 1. The van der Waals surface area contributed by atoms with E-state index in [1.807, 2.05) is 18.2 Å². The molecule has 1 aromatic rings. The molecule has 4 heteroatoms. The van der Waals surface area contributed by atoms with Crippen molar-refractivity contribution >= 4 is 17.5 Å². The lowest BCUT2D eigenvalue weighted by atomic mass is 9.92. The van der Waals surface area contributed by atoms with E-state index in [9.17, 15) is 4.79 Å².